The Labute approximate surface area is 89.1 Å². The Bertz CT molecular complexity index is 343. The van der Waals surface area contributed by atoms with Crippen LogP contribution in [0.25, 0.3) is 0 Å². The minimum atomic E-state index is -4.53. The first-order chi connectivity index (χ1) is 6.97. The van der Waals surface area contributed by atoms with Gasteiger partial charge >= 0.3 is 6.18 Å². The molecular weight excluding hydrogens is 229 g/mol. The molecule has 0 aliphatic heterocycles. The van der Waals surface area contributed by atoms with Crippen molar-refractivity contribution < 1.29 is 17.9 Å². The maximum Gasteiger partial charge on any atom is 0.434 e. The monoisotopic (exact) mass is 237 g/mol. The zero-order chi connectivity index (χ0) is 11.5. The quantitative estimate of drug-likeness (QED) is 0.597. The number of aromatic nitrogens is 2. The molecule has 83 valence electrons. The summed E-state index contributed by atoms with van der Waals surface area (Å²) in [6.07, 6.45) is -2.94. The van der Waals surface area contributed by atoms with Gasteiger partial charge < -0.3 is 4.74 Å². The Hall–Kier alpha value is -0.980. The van der Waals surface area contributed by atoms with Crippen LogP contribution in [0.2, 0.25) is 0 Å². The molecule has 1 rings (SSSR count). The average Bonchev–Trinajstić information content (AvgIpc) is 2.16. The van der Waals surface area contributed by atoms with Crippen LogP contribution in [0.1, 0.15) is 12.6 Å². The lowest BCUT2D eigenvalue weighted by Crippen LogP contribution is -2.11. The molecule has 0 atom stereocenters. The van der Waals surface area contributed by atoms with Crippen LogP contribution in [0, 0.1) is 6.07 Å². The Morgan fingerprint density at radius 1 is 1.40 bits per heavy atom. The Balaban J connectivity index is 3.11. The number of rotatable bonds is 3. The fourth-order valence-electron chi connectivity index (χ4n) is 0.795. The topological polar surface area (TPSA) is 35.0 Å². The van der Waals surface area contributed by atoms with Crippen molar-refractivity contribution in [2.45, 2.75) is 18.3 Å². The summed E-state index contributed by atoms with van der Waals surface area (Å²) in [5.74, 6) is -0.177. The second-order valence-electron chi connectivity index (χ2n) is 2.42. The van der Waals surface area contributed by atoms with Gasteiger partial charge in [-0.15, -0.1) is 0 Å². The molecule has 0 N–H and O–H groups in total. The number of alkyl halides is 3. The van der Waals surface area contributed by atoms with Gasteiger partial charge in [0.1, 0.15) is 0 Å². The number of hydrogen-bond acceptors (Lipinski definition) is 4. The largest absolute Gasteiger partial charge is 0.477 e. The zero-order valence-corrected chi connectivity index (χ0v) is 8.87. The SMILES string of the molecule is CCOc1[c]c(C(F)(F)F)nc(SC)n1. The molecule has 0 amide bonds. The van der Waals surface area contributed by atoms with Gasteiger partial charge in [0.05, 0.1) is 12.7 Å². The molecule has 0 unspecified atom stereocenters. The molecule has 0 spiro atoms. The van der Waals surface area contributed by atoms with Crippen molar-refractivity contribution in [3.8, 4) is 5.88 Å². The lowest BCUT2D eigenvalue weighted by molar-refractivity contribution is -0.142. The van der Waals surface area contributed by atoms with E-state index in [0.29, 0.717) is 0 Å². The van der Waals surface area contributed by atoms with Gasteiger partial charge in [0.25, 0.3) is 0 Å². The summed E-state index contributed by atoms with van der Waals surface area (Å²) in [7, 11) is 0. The number of ether oxygens (including phenoxy) is 1. The molecule has 1 radical (unpaired) electrons. The van der Waals surface area contributed by atoms with E-state index < -0.39 is 11.9 Å². The van der Waals surface area contributed by atoms with Crippen LogP contribution in [-0.4, -0.2) is 22.8 Å². The van der Waals surface area contributed by atoms with Crippen LogP contribution in [0.3, 0.4) is 0 Å². The molecule has 0 fully saturated rings. The number of nitrogens with zero attached hydrogens (tertiary/aromatic N) is 2. The minimum Gasteiger partial charge on any atom is -0.477 e. The van der Waals surface area contributed by atoms with Crippen LogP contribution < -0.4 is 4.74 Å². The van der Waals surface area contributed by atoms with Gasteiger partial charge in [-0.05, 0) is 13.2 Å². The molecule has 0 saturated carbocycles. The summed E-state index contributed by atoms with van der Waals surface area (Å²) < 4.78 is 41.9. The number of thioether (sulfide) groups is 1. The first kappa shape index (κ1) is 12.1. The molecule has 0 aromatic carbocycles. The molecule has 7 heteroatoms. The lowest BCUT2D eigenvalue weighted by Gasteiger charge is -2.08. The van der Waals surface area contributed by atoms with Crippen molar-refractivity contribution in [2.75, 3.05) is 12.9 Å². The molecule has 0 aliphatic rings. The molecule has 1 heterocycles. The highest BCUT2D eigenvalue weighted by molar-refractivity contribution is 7.98. The van der Waals surface area contributed by atoms with Crippen molar-refractivity contribution in [3.05, 3.63) is 11.8 Å². The van der Waals surface area contributed by atoms with Crippen LogP contribution in [-0.2, 0) is 6.18 Å². The van der Waals surface area contributed by atoms with Crippen molar-refractivity contribution in [2.24, 2.45) is 0 Å². The van der Waals surface area contributed by atoms with E-state index in [-0.39, 0.29) is 17.6 Å². The van der Waals surface area contributed by atoms with Crippen LogP contribution in [0.5, 0.6) is 5.88 Å². The molecule has 1 aromatic heterocycles. The van der Waals surface area contributed by atoms with Crippen molar-refractivity contribution in [1.29, 1.82) is 0 Å². The normalized spacial score (nSPS) is 11.5. The summed E-state index contributed by atoms with van der Waals surface area (Å²) in [4.78, 5) is 7.03. The van der Waals surface area contributed by atoms with Crippen LogP contribution in [0.4, 0.5) is 13.2 Å². The summed E-state index contributed by atoms with van der Waals surface area (Å²) in [5.41, 5.74) is -1.11. The lowest BCUT2D eigenvalue weighted by atomic mass is 10.4. The zero-order valence-electron chi connectivity index (χ0n) is 8.05. The second kappa shape index (κ2) is 4.69. The van der Waals surface area contributed by atoms with Gasteiger partial charge in [-0.2, -0.15) is 18.2 Å². The molecule has 0 aliphatic carbocycles. The molecular formula is C8H8F3N2OS. The molecule has 15 heavy (non-hydrogen) atoms. The van der Waals surface area contributed by atoms with Crippen LogP contribution >= 0.6 is 11.8 Å². The van der Waals surface area contributed by atoms with Gasteiger partial charge in [0.2, 0.25) is 5.88 Å². The maximum absolute atomic E-state index is 12.3. The third-order valence-electron chi connectivity index (χ3n) is 1.36. The summed E-state index contributed by atoms with van der Waals surface area (Å²) in [6, 6.07) is 1.98. The highest BCUT2D eigenvalue weighted by Gasteiger charge is 2.34. The summed E-state index contributed by atoms with van der Waals surface area (Å²) in [5, 5.41) is 0.0181. The Morgan fingerprint density at radius 2 is 2.07 bits per heavy atom. The molecule has 0 bridgehead atoms. The summed E-state index contributed by atoms with van der Waals surface area (Å²) >= 11 is 1.02. The molecule has 3 nitrogen and oxygen atoms in total. The van der Waals surface area contributed by atoms with E-state index in [1.54, 1.807) is 13.2 Å². The second-order valence-corrected chi connectivity index (χ2v) is 3.19. The van der Waals surface area contributed by atoms with E-state index in [1.165, 1.54) is 0 Å². The predicted octanol–water partition coefficient (Wildman–Crippen LogP) is 2.42. The van der Waals surface area contributed by atoms with E-state index in [4.69, 9.17) is 4.74 Å². The van der Waals surface area contributed by atoms with Gasteiger partial charge in [-0.25, -0.2) is 4.98 Å². The number of halogens is 3. The van der Waals surface area contributed by atoms with Crippen molar-refractivity contribution in [1.82, 2.24) is 9.97 Å². The van der Waals surface area contributed by atoms with Crippen LogP contribution in [0.15, 0.2) is 5.16 Å². The van der Waals surface area contributed by atoms with Gasteiger partial charge in [-0.1, -0.05) is 11.8 Å². The van der Waals surface area contributed by atoms with Crippen molar-refractivity contribution >= 4 is 11.8 Å². The summed E-state index contributed by atoms with van der Waals surface area (Å²) in [6.45, 7) is 1.89. The van der Waals surface area contributed by atoms with E-state index in [1.807, 2.05) is 6.07 Å². The first-order valence-electron chi connectivity index (χ1n) is 4.02. The van der Waals surface area contributed by atoms with E-state index in [2.05, 4.69) is 9.97 Å². The van der Waals surface area contributed by atoms with E-state index >= 15 is 0 Å². The Morgan fingerprint density at radius 3 is 2.53 bits per heavy atom. The maximum atomic E-state index is 12.3. The van der Waals surface area contributed by atoms with Crippen molar-refractivity contribution in [3.63, 3.8) is 0 Å². The smallest absolute Gasteiger partial charge is 0.434 e. The third-order valence-corrected chi connectivity index (χ3v) is 1.91. The van der Waals surface area contributed by atoms with E-state index in [0.717, 1.165) is 11.8 Å². The van der Waals surface area contributed by atoms with Gasteiger partial charge in [-0.3, -0.25) is 0 Å². The first-order valence-corrected chi connectivity index (χ1v) is 5.25. The highest BCUT2D eigenvalue weighted by Crippen LogP contribution is 2.30. The fraction of sp³-hybridized carbons (Fsp3) is 0.500. The Kier molecular flexibility index (Phi) is 3.78. The van der Waals surface area contributed by atoms with E-state index in [9.17, 15) is 13.2 Å². The third kappa shape index (κ3) is 3.26. The average molecular weight is 237 g/mol. The molecule has 0 saturated heterocycles. The highest BCUT2D eigenvalue weighted by atomic mass is 32.2. The molecule has 1 aromatic rings. The predicted molar refractivity (Wildman–Crippen MR) is 48.8 cm³/mol. The van der Waals surface area contributed by atoms with Gasteiger partial charge in [0.15, 0.2) is 10.9 Å². The fourth-order valence-corrected chi connectivity index (χ4v) is 1.15. The van der Waals surface area contributed by atoms with Gasteiger partial charge in [0, 0.05) is 0 Å². The number of hydrogen-bond donors (Lipinski definition) is 0. The minimum absolute atomic E-state index is 0.0181. The standard InChI is InChI=1S/C8H8F3N2OS/c1-3-14-6-4-5(8(9,10)11)12-7(13-6)15-2/h3H2,1-2H3.